The van der Waals surface area contributed by atoms with E-state index < -0.39 is 0 Å². The van der Waals surface area contributed by atoms with Crippen LogP contribution in [0.1, 0.15) is 44.9 Å². The van der Waals surface area contributed by atoms with Gasteiger partial charge in [-0.1, -0.05) is 45.0 Å². The molecule has 0 fully saturated rings. The molecule has 24 heavy (non-hydrogen) atoms. The third-order valence-electron chi connectivity index (χ3n) is 3.84. The molecule has 1 amide bonds. The standard InChI is InChI=1S/C20H24FNO2/c1-14(15-5-7-16(8-6-15)20(2,3)4)22-19(23)13-24-18-11-9-17(21)10-12-18/h5-12,14H,13H2,1-4H3,(H,22,23). The minimum atomic E-state index is -0.334. The first kappa shape index (κ1) is 18.0. The van der Waals surface area contributed by atoms with E-state index in [9.17, 15) is 9.18 Å². The molecule has 0 bridgehead atoms. The first-order valence-electron chi connectivity index (χ1n) is 8.04. The minimum absolute atomic E-state index is 0.101. The third-order valence-corrected chi connectivity index (χ3v) is 3.84. The lowest BCUT2D eigenvalue weighted by Gasteiger charge is -2.20. The van der Waals surface area contributed by atoms with Gasteiger partial charge in [-0.2, -0.15) is 0 Å². The number of hydrogen-bond acceptors (Lipinski definition) is 2. The van der Waals surface area contributed by atoms with Gasteiger partial charge in [0.15, 0.2) is 6.61 Å². The van der Waals surface area contributed by atoms with E-state index in [2.05, 4.69) is 38.2 Å². The number of carbonyl (C=O) groups is 1. The van der Waals surface area contributed by atoms with Crippen molar-refractivity contribution in [2.75, 3.05) is 6.61 Å². The fourth-order valence-corrected chi connectivity index (χ4v) is 2.32. The SMILES string of the molecule is CC(NC(=O)COc1ccc(F)cc1)c1ccc(C(C)(C)C)cc1. The van der Waals surface area contributed by atoms with Crippen LogP contribution in [0, 0.1) is 5.82 Å². The van der Waals surface area contributed by atoms with Gasteiger partial charge in [-0.15, -0.1) is 0 Å². The van der Waals surface area contributed by atoms with E-state index in [1.54, 1.807) is 0 Å². The van der Waals surface area contributed by atoms with Crippen LogP contribution in [-0.4, -0.2) is 12.5 Å². The van der Waals surface area contributed by atoms with Crippen molar-refractivity contribution in [1.82, 2.24) is 5.32 Å². The Morgan fingerprint density at radius 2 is 1.67 bits per heavy atom. The van der Waals surface area contributed by atoms with E-state index in [-0.39, 0.29) is 29.8 Å². The summed E-state index contributed by atoms with van der Waals surface area (Å²) >= 11 is 0. The second-order valence-electron chi connectivity index (χ2n) is 6.90. The number of halogens is 1. The predicted octanol–water partition coefficient (Wildman–Crippen LogP) is 4.38. The summed E-state index contributed by atoms with van der Waals surface area (Å²) in [5, 5.41) is 2.90. The van der Waals surface area contributed by atoms with Gasteiger partial charge in [0.1, 0.15) is 11.6 Å². The molecule has 2 aromatic carbocycles. The van der Waals surface area contributed by atoms with Crippen molar-refractivity contribution in [3.63, 3.8) is 0 Å². The van der Waals surface area contributed by atoms with Crippen LogP contribution < -0.4 is 10.1 Å². The number of nitrogens with one attached hydrogen (secondary N) is 1. The van der Waals surface area contributed by atoms with Crippen molar-refractivity contribution < 1.29 is 13.9 Å². The molecule has 0 saturated heterocycles. The molecule has 1 atom stereocenters. The average Bonchev–Trinajstić information content (AvgIpc) is 2.53. The maximum absolute atomic E-state index is 12.8. The Bertz CT molecular complexity index is 672. The number of benzene rings is 2. The summed E-state index contributed by atoms with van der Waals surface area (Å²) in [6, 6.07) is 13.7. The molecule has 2 rings (SSSR count). The highest BCUT2D eigenvalue weighted by Gasteiger charge is 2.15. The quantitative estimate of drug-likeness (QED) is 0.884. The molecular formula is C20H24FNO2. The van der Waals surface area contributed by atoms with Gasteiger partial charge in [0, 0.05) is 0 Å². The van der Waals surface area contributed by atoms with Crippen LogP contribution in [0.4, 0.5) is 4.39 Å². The molecule has 1 unspecified atom stereocenters. The first-order chi connectivity index (χ1) is 11.3. The molecule has 0 aliphatic heterocycles. The summed E-state index contributed by atoms with van der Waals surface area (Å²) in [4.78, 5) is 12.0. The predicted molar refractivity (Wildman–Crippen MR) is 93.6 cm³/mol. The molecule has 4 heteroatoms. The van der Waals surface area contributed by atoms with Gasteiger partial charge in [-0.05, 0) is 47.7 Å². The van der Waals surface area contributed by atoms with E-state index >= 15 is 0 Å². The number of hydrogen-bond donors (Lipinski definition) is 1. The van der Waals surface area contributed by atoms with Crippen LogP contribution in [0.5, 0.6) is 5.75 Å². The van der Waals surface area contributed by atoms with Gasteiger partial charge in [0.2, 0.25) is 0 Å². The fourth-order valence-electron chi connectivity index (χ4n) is 2.32. The smallest absolute Gasteiger partial charge is 0.258 e. The molecule has 0 aliphatic rings. The summed E-state index contributed by atoms with van der Waals surface area (Å²) in [6.07, 6.45) is 0. The van der Waals surface area contributed by atoms with Gasteiger partial charge in [0.05, 0.1) is 6.04 Å². The Morgan fingerprint density at radius 1 is 1.08 bits per heavy atom. The highest BCUT2D eigenvalue weighted by molar-refractivity contribution is 5.78. The van der Waals surface area contributed by atoms with Crippen LogP contribution in [0.2, 0.25) is 0 Å². The molecule has 3 nitrogen and oxygen atoms in total. The Kier molecular flexibility index (Phi) is 5.60. The zero-order chi connectivity index (χ0) is 17.7. The highest BCUT2D eigenvalue weighted by Crippen LogP contribution is 2.23. The van der Waals surface area contributed by atoms with Crippen molar-refractivity contribution in [1.29, 1.82) is 0 Å². The van der Waals surface area contributed by atoms with E-state index in [1.807, 2.05) is 19.1 Å². The minimum Gasteiger partial charge on any atom is -0.484 e. The molecule has 0 spiro atoms. The van der Waals surface area contributed by atoms with E-state index in [0.717, 1.165) is 5.56 Å². The zero-order valence-corrected chi connectivity index (χ0v) is 14.6. The van der Waals surface area contributed by atoms with Crippen LogP contribution in [-0.2, 0) is 10.2 Å². The molecule has 2 aromatic rings. The first-order valence-corrected chi connectivity index (χ1v) is 8.04. The summed E-state index contributed by atoms with van der Waals surface area (Å²) in [7, 11) is 0. The van der Waals surface area contributed by atoms with Crippen molar-refractivity contribution in [3.05, 3.63) is 65.5 Å². The van der Waals surface area contributed by atoms with Gasteiger partial charge >= 0.3 is 0 Å². The maximum atomic E-state index is 12.8. The van der Waals surface area contributed by atoms with E-state index in [1.165, 1.54) is 29.8 Å². The molecule has 0 radical (unpaired) electrons. The number of rotatable bonds is 5. The van der Waals surface area contributed by atoms with Gasteiger partial charge < -0.3 is 10.1 Å². The van der Waals surface area contributed by atoms with Gasteiger partial charge in [0.25, 0.3) is 5.91 Å². The van der Waals surface area contributed by atoms with E-state index in [4.69, 9.17) is 4.74 Å². The maximum Gasteiger partial charge on any atom is 0.258 e. The summed E-state index contributed by atoms with van der Waals surface area (Å²) < 4.78 is 18.2. The van der Waals surface area contributed by atoms with Crippen molar-refractivity contribution in [2.45, 2.75) is 39.2 Å². The fraction of sp³-hybridized carbons (Fsp3) is 0.350. The lowest BCUT2D eigenvalue weighted by Crippen LogP contribution is -2.31. The van der Waals surface area contributed by atoms with Crippen LogP contribution in [0.25, 0.3) is 0 Å². The topological polar surface area (TPSA) is 38.3 Å². The summed E-state index contributed by atoms with van der Waals surface area (Å²) in [5.41, 5.74) is 2.40. The molecule has 0 heterocycles. The third kappa shape index (κ3) is 5.08. The van der Waals surface area contributed by atoms with Crippen molar-refractivity contribution in [2.24, 2.45) is 0 Å². The van der Waals surface area contributed by atoms with Crippen LogP contribution >= 0.6 is 0 Å². The largest absolute Gasteiger partial charge is 0.484 e. The molecular weight excluding hydrogens is 305 g/mol. The molecule has 0 saturated carbocycles. The van der Waals surface area contributed by atoms with Crippen molar-refractivity contribution in [3.8, 4) is 5.75 Å². The van der Waals surface area contributed by atoms with Crippen LogP contribution in [0.3, 0.4) is 0 Å². The zero-order valence-electron chi connectivity index (χ0n) is 14.6. The monoisotopic (exact) mass is 329 g/mol. The summed E-state index contributed by atoms with van der Waals surface area (Å²) in [5.74, 6) is -0.0837. The Morgan fingerprint density at radius 3 is 2.21 bits per heavy atom. The summed E-state index contributed by atoms with van der Waals surface area (Å²) in [6.45, 7) is 8.33. The molecule has 128 valence electrons. The molecule has 0 aliphatic carbocycles. The Hall–Kier alpha value is -2.36. The lowest BCUT2D eigenvalue weighted by molar-refractivity contribution is -0.123. The normalized spacial score (nSPS) is 12.5. The van der Waals surface area contributed by atoms with Crippen molar-refractivity contribution >= 4 is 5.91 Å². The van der Waals surface area contributed by atoms with Crippen LogP contribution in [0.15, 0.2) is 48.5 Å². The number of amides is 1. The molecule has 0 aromatic heterocycles. The second-order valence-corrected chi connectivity index (χ2v) is 6.90. The van der Waals surface area contributed by atoms with Gasteiger partial charge in [-0.3, -0.25) is 4.79 Å². The Labute approximate surface area is 142 Å². The lowest BCUT2D eigenvalue weighted by atomic mass is 9.86. The van der Waals surface area contributed by atoms with Gasteiger partial charge in [-0.25, -0.2) is 4.39 Å². The second kappa shape index (κ2) is 7.47. The average molecular weight is 329 g/mol. The molecule has 1 N–H and O–H groups in total. The number of carbonyl (C=O) groups excluding carboxylic acids is 1. The van der Waals surface area contributed by atoms with E-state index in [0.29, 0.717) is 5.75 Å². The Balaban J connectivity index is 1.88. The number of ether oxygens (including phenoxy) is 1. The highest BCUT2D eigenvalue weighted by atomic mass is 19.1.